The van der Waals surface area contributed by atoms with Crippen molar-refractivity contribution in [2.75, 3.05) is 17.6 Å². The lowest BCUT2D eigenvalue weighted by atomic mass is 9.90. The fourth-order valence-electron chi connectivity index (χ4n) is 2.06. The Labute approximate surface area is 119 Å². The summed E-state index contributed by atoms with van der Waals surface area (Å²) in [7, 11) is 0. The van der Waals surface area contributed by atoms with Gasteiger partial charge in [0.25, 0.3) is 0 Å². The van der Waals surface area contributed by atoms with Crippen LogP contribution in [0.25, 0.3) is 0 Å². The average molecular weight is 362 g/mol. The number of aromatic hydroxyl groups is 1. The Morgan fingerprint density at radius 2 is 2.28 bits per heavy atom. The van der Waals surface area contributed by atoms with Crippen LogP contribution in [0.3, 0.4) is 0 Å². The first-order valence-electron chi connectivity index (χ1n) is 5.88. The maximum Gasteiger partial charge on any atom is 0.311 e. The molecule has 2 rings (SSSR count). The van der Waals surface area contributed by atoms with E-state index in [4.69, 9.17) is 9.47 Å². The minimum atomic E-state index is -0.244. The van der Waals surface area contributed by atoms with Crippen molar-refractivity contribution in [3.63, 3.8) is 0 Å². The summed E-state index contributed by atoms with van der Waals surface area (Å²) in [5.74, 6) is 0.469. The van der Waals surface area contributed by atoms with E-state index in [-0.39, 0.29) is 17.6 Å². The second-order valence-electron chi connectivity index (χ2n) is 4.19. The van der Waals surface area contributed by atoms with Gasteiger partial charge < -0.3 is 14.6 Å². The van der Waals surface area contributed by atoms with Crippen LogP contribution in [0.1, 0.15) is 24.3 Å². The average Bonchev–Trinajstić information content (AvgIpc) is 2.33. The van der Waals surface area contributed by atoms with Gasteiger partial charge in [-0.15, -0.1) is 0 Å². The molecule has 0 saturated heterocycles. The van der Waals surface area contributed by atoms with Gasteiger partial charge in [-0.25, -0.2) is 0 Å². The Balaban J connectivity index is 2.06. The van der Waals surface area contributed by atoms with Crippen LogP contribution >= 0.6 is 22.6 Å². The molecule has 0 radical (unpaired) electrons. The minimum Gasteiger partial charge on any atom is -0.508 e. The van der Waals surface area contributed by atoms with E-state index in [0.717, 1.165) is 23.0 Å². The van der Waals surface area contributed by atoms with Gasteiger partial charge in [-0.2, -0.15) is 0 Å². The van der Waals surface area contributed by atoms with Crippen LogP contribution in [0.5, 0.6) is 11.5 Å². The Bertz CT molecular complexity index is 433. The number of rotatable bonds is 5. The van der Waals surface area contributed by atoms with Gasteiger partial charge in [0.05, 0.1) is 13.0 Å². The molecule has 1 heterocycles. The highest BCUT2D eigenvalue weighted by molar-refractivity contribution is 14.1. The summed E-state index contributed by atoms with van der Waals surface area (Å²) in [4.78, 5) is 11.5. The maximum atomic E-state index is 11.5. The van der Waals surface area contributed by atoms with Gasteiger partial charge >= 0.3 is 5.97 Å². The molecule has 0 amide bonds. The first-order valence-corrected chi connectivity index (χ1v) is 7.40. The summed E-state index contributed by atoms with van der Waals surface area (Å²) in [5, 5.41) is 9.39. The normalized spacial score (nSPS) is 18.3. The van der Waals surface area contributed by atoms with E-state index in [1.165, 1.54) is 6.07 Å². The summed E-state index contributed by atoms with van der Waals surface area (Å²) in [5.41, 5.74) is 0.977. The van der Waals surface area contributed by atoms with Gasteiger partial charge in [-0.3, -0.25) is 4.79 Å². The molecule has 1 aliphatic heterocycles. The lowest BCUT2D eigenvalue weighted by Gasteiger charge is -2.24. The van der Waals surface area contributed by atoms with Gasteiger partial charge in [-0.05, 0) is 18.1 Å². The van der Waals surface area contributed by atoms with E-state index in [9.17, 15) is 9.90 Å². The third kappa shape index (κ3) is 3.35. The van der Waals surface area contributed by atoms with Crippen LogP contribution in [0.4, 0.5) is 0 Å². The Morgan fingerprint density at radius 3 is 3.06 bits per heavy atom. The minimum absolute atomic E-state index is 0.114. The third-order valence-corrected chi connectivity index (χ3v) is 3.35. The number of alkyl halides is 1. The Kier molecular flexibility index (Phi) is 4.82. The van der Waals surface area contributed by atoms with Crippen LogP contribution in [0.2, 0.25) is 0 Å². The van der Waals surface area contributed by atoms with E-state index in [1.807, 2.05) is 6.07 Å². The molecule has 1 aromatic carbocycles. The van der Waals surface area contributed by atoms with Crippen LogP contribution < -0.4 is 4.74 Å². The molecule has 0 aliphatic carbocycles. The van der Waals surface area contributed by atoms with Gasteiger partial charge in [0.2, 0.25) is 0 Å². The molecule has 1 aromatic rings. The zero-order chi connectivity index (χ0) is 13.0. The Hall–Kier alpha value is -0.820. The van der Waals surface area contributed by atoms with Crippen LogP contribution in [0.15, 0.2) is 18.2 Å². The first-order chi connectivity index (χ1) is 8.70. The van der Waals surface area contributed by atoms with Crippen molar-refractivity contribution in [3.8, 4) is 11.5 Å². The number of fused-ring (bicyclic) bond motifs is 1. The largest absolute Gasteiger partial charge is 0.508 e. The van der Waals surface area contributed by atoms with Crippen LogP contribution in [0, 0.1) is 0 Å². The zero-order valence-electron chi connectivity index (χ0n) is 9.89. The molecule has 18 heavy (non-hydrogen) atoms. The zero-order valence-corrected chi connectivity index (χ0v) is 12.1. The number of esters is 1. The molecule has 4 nitrogen and oxygen atoms in total. The van der Waals surface area contributed by atoms with Crippen LogP contribution in [-0.4, -0.2) is 28.7 Å². The maximum absolute atomic E-state index is 11.5. The number of benzene rings is 1. The number of halogens is 1. The lowest BCUT2D eigenvalue weighted by Crippen LogP contribution is -2.21. The van der Waals surface area contributed by atoms with E-state index < -0.39 is 0 Å². The summed E-state index contributed by atoms with van der Waals surface area (Å²) in [6.45, 7) is 1.38. The molecular weight excluding hydrogens is 347 g/mol. The van der Waals surface area contributed by atoms with E-state index in [1.54, 1.807) is 6.07 Å². The third-order valence-electron chi connectivity index (χ3n) is 2.91. The highest BCUT2D eigenvalue weighted by atomic mass is 127. The topological polar surface area (TPSA) is 55.8 Å². The van der Waals surface area contributed by atoms with Gasteiger partial charge in [0.15, 0.2) is 0 Å². The molecular formula is C13H15IO4. The van der Waals surface area contributed by atoms with Crippen molar-refractivity contribution in [1.82, 2.24) is 0 Å². The predicted molar refractivity (Wildman–Crippen MR) is 75.4 cm³/mol. The second-order valence-corrected chi connectivity index (χ2v) is 5.27. The molecule has 1 unspecified atom stereocenters. The van der Waals surface area contributed by atoms with Gasteiger partial charge in [-0.1, -0.05) is 28.7 Å². The van der Waals surface area contributed by atoms with Crippen molar-refractivity contribution in [2.24, 2.45) is 0 Å². The first kappa shape index (κ1) is 13.6. The molecule has 0 fully saturated rings. The van der Waals surface area contributed by atoms with E-state index in [2.05, 4.69) is 22.6 Å². The molecule has 5 heteroatoms. The quantitative estimate of drug-likeness (QED) is 0.288. The van der Waals surface area contributed by atoms with Gasteiger partial charge in [0.1, 0.15) is 11.5 Å². The number of phenolic OH excluding ortho intramolecular Hbond substituents is 1. The van der Waals surface area contributed by atoms with Crippen molar-refractivity contribution < 1.29 is 19.4 Å². The molecule has 1 N–H and O–H groups in total. The van der Waals surface area contributed by atoms with Crippen molar-refractivity contribution in [2.45, 2.75) is 18.8 Å². The highest BCUT2D eigenvalue weighted by Gasteiger charge is 2.27. The van der Waals surface area contributed by atoms with E-state index >= 15 is 0 Å². The molecule has 0 bridgehead atoms. The molecule has 98 valence electrons. The summed E-state index contributed by atoms with van der Waals surface area (Å²) in [6.07, 6.45) is 1.18. The summed E-state index contributed by atoms with van der Waals surface area (Å²) in [6, 6.07) is 4.93. The number of hydrogen-bond donors (Lipinski definition) is 1. The molecule has 1 aliphatic rings. The van der Waals surface area contributed by atoms with Crippen molar-refractivity contribution in [1.29, 1.82) is 0 Å². The number of carbonyl (C=O) groups excluding carboxylic acids is 1. The van der Waals surface area contributed by atoms with Gasteiger partial charge in [0, 0.05) is 23.0 Å². The Morgan fingerprint density at radius 1 is 1.44 bits per heavy atom. The van der Waals surface area contributed by atoms with Crippen LogP contribution in [-0.2, 0) is 9.53 Å². The summed E-state index contributed by atoms with van der Waals surface area (Å²) < 4.78 is 11.5. The highest BCUT2D eigenvalue weighted by Crippen LogP contribution is 2.38. The monoisotopic (exact) mass is 362 g/mol. The molecule has 1 atom stereocenters. The number of carbonyl (C=O) groups is 1. The smallest absolute Gasteiger partial charge is 0.311 e. The summed E-state index contributed by atoms with van der Waals surface area (Å²) >= 11 is 2.26. The second kappa shape index (κ2) is 6.38. The number of ether oxygens (including phenoxy) is 2. The fourth-order valence-corrected chi connectivity index (χ4v) is 2.38. The standard InChI is InChI=1S/C13H15IO4/c14-4-6-17-5-3-9-7-13(16)18-12-8-10(15)1-2-11(9)12/h1-2,8-9,15H,3-7H2. The van der Waals surface area contributed by atoms with E-state index in [0.29, 0.717) is 18.8 Å². The van der Waals surface area contributed by atoms with Crippen molar-refractivity contribution >= 4 is 28.6 Å². The molecule has 0 saturated carbocycles. The molecule has 0 aromatic heterocycles. The predicted octanol–water partition coefficient (Wildman–Crippen LogP) is 2.63. The number of hydrogen-bond acceptors (Lipinski definition) is 4. The fraction of sp³-hybridized carbons (Fsp3) is 0.462. The lowest BCUT2D eigenvalue weighted by molar-refractivity contribution is -0.136. The number of phenols is 1. The SMILES string of the molecule is O=C1CC(CCOCCI)c2ccc(O)cc2O1. The van der Waals surface area contributed by atoms with Crippen molar-refractivity contribution in [3.05, 3.63) is 23.8 Å². The molecule has 0 spiro atoms.